The summed E-state index contributed by atoms with van der Waals surface area (Å²) in [7, 11) is 0.135. The molecule has 0 aromatic heterocycles. The highest BCUT2D eigenvalue weighted by Gasteiger charge is 2.72. The lowest BCUT2D eigenvalue weighted by molar-refractivity contribution is -0.443. The maximum absolute atomic E-state index is 11.9. The van der Waals surface area contributed by atoms with E-state index in [2.05, 4.69) is 4.74 Å². The van der Waals surface area contributed by atoms with E-state index in [1.807, 2.05) is 0 Å². The molecule has 12 heavy (non-hydrogen) atoms. The third-order valence-electron chi connectivity index (χ3n) is 1.02. The number of alkyl halides is 6. The standard InChI is InChI=1S/C4H4F6O2/c1-12-4(9,10)2(5,11)3(6,7)8/h11H,1H3. The van der Waals surface area contributed by atoms with E-state index in [9.17, 15) is 26.3 Å². The van der Waals surface area contributed by atoms with E-state index in [1.165, 1.54) is 0 Å². The first-order chi connectivity index (χ1) is 5.06. The van der Waals surface area contributed by atoms with Crippen LogP contribution in [0.4, 0.5) is 26.3 Å². The third kappa shape index (κ3) is 1.63. The van der Waals surface area contributed by atoms with Gasteiger partial charge < -0.3 is 9.84 Å². The monoisotopic (exact) mass is 198 g/mol. The molecule has 74 valence electrons. The molecular weight excluding hydrogens is 194 g/mol. The Morgan fingerprint density at radius 2 is 1.33 bits per heavy atom. The normalized spacial score (nSPS) is 19.0. The van der Waals surface area contributed by atoms with Crippen LogP contribution >= 0.6 is 0 Å². The van der Waals surface area contributed by atoms with Crippen molar-refractivity contribution >= 4 is 0 Å². The molecule has 0 heterocycles. The van der Waals surface area contributed by atoms with Crippen molar-refractivity contribution in [2.24, 2.45) is 0 Å². The zero-order valence-corrected chi connectivity index (χ0v) is 5.62. The first-order valence-corrected chi connectivity index (χ1v) is 2.47. The third-order valence-corrected chi connectivity index (χ3v) is 1.02. The molecule has 0 radical (unpaired) electrons. The quantitative estimate of drug-likeness (QED) is 0.680. The van der Waals surface area contributed by atoms with E-state index in [4.69, 9.17) is 5.11 Å². The lowest BCUT2D eigenvalue weighted by Gasteiger charge is -2.28. The summed E-state index contributed by atoms with van der Waals surface area (Å²) in [5.41, 5.74) is 0. The van der Waals surface area contributed by atoms with Crippen LogP contribution in [0.3, 0.4) is 0 Å². The molecule has 0 fully saturated rings. The molecule has 0 rings (SSSR count). The topological polar surface area (TPSA) is 29.5 Å². The Kier molecular flexibility index (Phi) is 2.65. The molecule has 0 aliphatic heterocycles. The van der Waals surface area contributed by atoms with Gasteiger partial charge in [0, 0.05) is 7.11 Å². The lowest BCUT2D eigenvalue weighted by atomic mass is 10.3. The molecule has 0 bridgehead atoms. The van der Waals surface area contributed by atoms with Gasteiger partial charge in [-0.2, -0.15) is 26.3 Å². The summed E-state index contributed by atoms with van der Waals surface area (Å²) in [6, 6.07) is 0. The minimum atomic E-state index is -6.10. The number of aliphatic hydroxyl groups is 1. The first kappa shape index (κ1) is 11.5. The molecule has 2 nitrogen and oxygen atoms in total. The van der Waals surface area contributed by atoms with E-state index in [0.29, 0.717) is 0 Å². The van der Waals surface area contributed by atoms with Crippen molar-refractivity contribution < 1.29 is 36.2 Å². The van der Waals surface area contributed by atoms with Crippen molar-refractivity contribution in [3.8, 4) is 0 Å². The Labute approximate surface area is 62.7 Å². The van der Waals surface area contributed by atoms with Gasteiger partial charge in [0.25, 0.3) is 0 Å². The minimum Gasteiger partial charge on any atom is -0.348 e. The maximum atomic E-state index is 11.9. The molecule has 0 aliphatic carbocycles. The molecule has 0 saturated heterocycles. The fourth-order valence-corrected chi connectivity index (χ4v) is 0.300. The second-order valence-electron chi connectivity index (χ2n) is 1.84. The van der Waals surface area contributed by atoms with Crippen LogP contribution in [-0.4, -0.2) is 30.4 Å². The van der Waals surface area contributed by atoms with E-state index in [-0.39, 0.29) is 7.11 Å². The van der Waals surface area contributed by atoms with Gasteiger partial charge in [-0.15, -0.1) is 0 Å². The Morgan fingerprint density at radius 3 is 1.42 bits per heavy atom. The molecule has 0 spiro atoms. The van der Waals surface area contributed by atoms with Gasteiger partial charge in [-0.05, 0) is 0 Å². The number of hydrogen-bond acceptors (Lipinski definition) is 2. The minimum absolute atomic E-state index is 0.135. The van der Waals surface area contributed by atoms with Crippen LogP contribution in [0.5, 0.6) is 0 Å². The number of ether oxygens (including phenoxy) is 1. The molecule has 1 N–H and O–H groups in total. The second-order valence-corrected chi connectivity index (χ2v) is 1.84. The van der Waals surface area contributed by atoms with Gasteiger partial charge in [0.15, 0.2) is 0 Å². The summed E-state index contributed by atoms with van der Waals surface area (Å²) in [6.07, 6.45) is -11.4. The summed E-state index contributed by atoms with van der Waals surface area (Å²) < 4.78 is 72.5. The highest BCUT2D eigenvalue weighted by Crippen LogP contribution is 2.43. The highest BCUT2D eigenvalue weighted by molar-refractivity contribution is 4.83. The Morgan fingerprint density at radius 1 is 1.00 bits per heavy atom. The largest absolute Gasteiger partial charge is 0.457 e. The smallest absolute Gasteiger partial charge is 0.348 e. The van der Waals surface area contributed by atoms with Crippen LogP contribution in [0.25, 0.3) is 0 Å². The van der Waals surface area contributed by atoms with Crippen molar-refractivity contribution in [3.05, 3.63) is 0 Å². The van der Waals surface area contributed by atoms with Gasteiger partial charge in [-0.1, -0.05) is 0 Å². The van der Waals surface area contributed by atoms with Gasteiger partial charge in [0.2, 0.25) is 0 Å². The molecular formula is C4H4F6O2. The van der Waals surface area contributed by atoms with Crippen molar-refractivity contribution in [1.29, 1.82) is 0 Å². The fourth-order valence-electron chi connectivity index (χ4n) is 0.300. The van der Waals surface area contributed by atoms with Crippen molar-refractivity contribution in [2.75, 3.05) is 7.11 Å². The van der Waals surface area contributed by atoms with Crippen LogP contribution in [0.2, 0.25) is 0 Å². The molecule has 0 amide bonds. The Balaban J connectivity index is 4.85. The SMILES string of the molecule is COC(F)(F)C(O)(F)C(F)(F)F. The molecule has 1 atom stereocenters. The summed E-state index contributed by atoms with van der Waals surface area (Å²) >= 11 is 0. The number of hydrogen-bond donors (Lipinski definition) is 1. The average molecular weight is 198 g/mol. The maximum Gasteiger partial charge on any atom is 0.457 e. The summed E-state index contributed by atoms with van der Waals surface area (Å²) in [5, 5.41) is 7.71. The van der Waals surface area contributed by atoms with Crippen LogP contribution in [-0.2, 0) is 4.74 Å². The Hall–Kier alpha value is -0.500. The van der Waals surface area contributed by atoms with Gasteiger partial charge in [-0.3, -0.25) is 0 Å². The fraction of sp³-hybridized carbons (Fsp3) is 1.00. The number of rotatable bonds is 2. The van der Waals surface area contributed by atoms with E-state index < -0.39 is 18.1 Å². The van der Waals surface area contributed by atoms with E-state index in [0.717, 1.165) is 0 Å². The molecule has 1 unspecified atom stereocenters. The van der Waals surface area contributed by atoms with Gasteiger partial charge >= 0.3 is 18.1 Å². The molecule has 0 aliphatic rings. The predicted molar refractivity (Wildman–Crippen MR) is 24.1 cm³/mol. The predicted octanol–water partition coefficient (Wildman–Crippen LogP) is 1.45. The van der Waals surface area contributed by atoms with Crippen molar-refractivity contribution in [1.82, 2.24) is 0 Å². The van der Waals surface area contributed by atoms with Crippen LogP contribution in [0, 0.1) is 0 Å². The lowest BCUT2D eigenvalue weighted by Crippen LogP contribution is -2.56. The second kappa shape index (κ2) is 2.77. The number of halogens is 6. The van der Waals surface area contributed by atoms with Gasteiger partial charge in [-0.25, -0.2) is 0 Å². The van der Waals surface area contributed by atoms with Crippen molar-refractivity contribution in [3.63, 3.8) is 0 Å². The summed E-state index contributed by atoms with van der Waals surface area (Å²) in [6.45, 7) is 0. The summed E-state index contributed by atoms with van der Waals surface area (Å²) in [4.78, 5) is 0. The van der Waals surface area contributed by atoms with Crippen molar-refractivity contribution in [2.45, 2.75) is 18.1 Å². The average Bonchev–Trinajstić information content (AvgIpc) is 1.85. The Bertz CT molecular complexity index is 161. The van der Waals surface area contributed by atoms with E-state index >= 15 is 0 Å². The number of methoxy groups -OCH3 is 1. The van der Waals surface area contributed by atoms with Gasteiger partial charge in [0.05, 0.1) is 0 Å². The summed E-state index contributed by atoms with van der Waals surface area (Å²) in [5.74, 6) is -5.67. The zero-order valence-electron chi connectivity index (χ0n) is 5.62. The molecule has 0 saturated carbocycles. The van der Waals surface area contributed by atoms with Gasteiger partial charge in [0.1, 0.15) is 0 Å². The molecule has 0 aromatic rings. The molecule has 0 aromatic carbocycles. The molecule has 8 heteroatoms. The highest BCUT2D eigenvalue weighted by atomic mass is 19.4. The van der Waals surface area contributed by atoms with E-state index in [1.54, 1.807) is 0 Å². The first-order valence-electron chi connectivity index (χ1n) is 2.47. The van der Waals surface area contributed by atoms with Crippen LogP contribution < -0.4 is 0 Å². The van der Waals surface area contributed by atoms with Crippen LogP contribution in [0.1, 0.15) is 0 Å². The zero-order chi connectivity index (χ0) is 10.2. The van der Waals surface area contributed by atoms with Crippen LogP contribution in [0.15, 0.2) is 0 Å².